The molecule has 0 atom stereocenters. The summed E-state index contributed by atoms with van der Waals surface area (Å²) in [6.45, 7) is 4.52. The highest BCUT2D eigenvalue weighted by molar-refractivity contribution is 6.46. The molecule has 0 spiro atoms. The molecule has 0 unspecified atom stereocenters. The molecule has 0 fully saturated rings. The lowest BCUT2D eigenvalue weighted by Crippen LogP contribution is -2.33. The SMILES string of the molecule is CCOc1ccc(C2=C(Nc3ccccc3OCC)C(=O)N(c3cc(F)ccc3F)C2=O)cc1. The summed E-state index contributed by atoms with van der Waals surface area (Å²) in [4.78, 5) is 27.5. The molecule has 174 valence electrons. The van der Waals surface area contributed by atoms with E-state index in [9.17, 15) is 18.4 Å². The van der Waals surface area contributed by atoms with Crippen molar-refractivity contribution in [1.29, 1.82) is 0 Å². The minimum atomic E-state index is -0.898. The van der Waals surface area contributed by atoms with Gasteiger partial charge >= 0.3 is 0 Å². The molecule has 4 rings (SSSR count). The Hall–Kier alpha value is -4.20. The van der Waals surface area contributed by atoms with Crippen molar-refractivity contribution >= 4 is 28.8 Å². The van der Waals surface area contributed by atoms with Gasteiger partial charge in [-0.1, -0.05) is 24.3 Å². The number of nitrogens with one attached hydrogen (secondary N) is 1. The molecule has 0 aromatic heterocycles. The molecule has 1 aliphatic heterocycles. The summed E-state index contributed by atoms with van der Waals surface area (Å²) in [6.07, 6.45) is 0. The molecule has 34 heavy (non-hydrogen) atoms. The number of halogens is 2. The van der Waals surface area contributed by atoms with Crippen LogP contribution in [-0.2, 0) is 9.59 Å². The Kier molecular flexibility index (Phi) is 6.58. The van der Waals surface area contributed by atoms with Crippen LogP contribution in [0.25, 0.3) is 5.57 Å². The molecule has 0 saturated heterocycles. The van der Waals surface area contributed by atoms with Gasteiger partial charge < -0.3 is 14.8 Å². The van der Waals surface area contributed by atoms with E-state index in [1.165, 1.54) is 0 Å². The summed E-state index contributed by atoms with van der Waals surface area (Å²) in [6, 6.07) is 16.1. The van der Waals surface area contributed by atoms with Crippen LogP contribution < -0.4 is 19.7 Å². The van der Waals surface area contributed by atoms with Crippen LogP contribution in [0.2, 0.25) is 0 Å². The zero-order chi connectivity index (χ0) is 24.2. The second-order valence-electron chi connectivity index (χ2n) is 7.30. The van der Waals surface area contributed by atoms with Gasteiger partial charge in [0.2, 0.25) is 0 Å². The third-order valence-electron chi connectivity index (χ3n) is 5.13. The van der Waals surface area contributed by atoms with Crippen LogP contribution in [0.15, 0.2) is 72.4 Å². The number of carbonyl (C=O) groups excluding carboxylic acids is 2. The Morgan fingerprint density at radius 1 is 0.853 bits per heavy atom. The van der Waals surface area contributed by atoms with Gasteiger partial charge in [0.15, 0.2) is 0 Å². The first-order valence-electron chi connectivity index (χ1n) is 10.7. The molecule has 8 heteroatoms. The van der Waals surface area contributed by atoms with E-state index in [1.807, 2.05) is 13.8 Å². The van der Waals surface area contributed by atoms with E-state index in [1.54, 1.807) is 48.5 Å². The second kappa shape index (κ2) is 9.74. The van der Waals surface area contributed by atoms with E-state index in [2.05, 4.69) is 5.32 Å². The second-order valence-corrected chi connectivity index (χ2v) is 7.30. The summed E-state index contributed by atoms with van der Waals surface area (Å²) in [5, 5.41) is 2.99. The lowest BCUT2D eigenvalue weighted by molar-refractivity contribution is -0.120. The first kappa shape index (κ1) is 23.0. The minimum absolute atomic E-state index is 0.0167. The highest BCUT2D eigenvalue weighted by Crippen LogP contribution is 2.37. The van der Waals surface area contributed by atoms with Crippen molar-refractivity contribution in [3.63, 3.8) is 0 Å². The zero-order valence-electron chi connectivity index (χ0n) is 18.6. The van der Waals surface area contributed by atoms with E-state index in [4.69, 9.17) is 9.47 Å². The van der Waals surface area contributed by atoms with Crippen molar-refractivity contribution < 1.29 is 27.8 Å². The van der Waals surface area contributed by atoms with Crippen molar-refractivity contribution in [1.82, 2.24) is 0 Å². The maximum Gasteiger partial charge on any atom is 0.282 e. The van der Waals surface area contributed by atoms with Crippen LogP contribution >= 0.6 is 0 Å². The van der Waals surface area contributed by atoms with Gasteiger partial charge in [-0.2, -0.15) is 0 Å². The summed E-state index contributed by atoms with van der Waals surface area (Å²) in [5.74, 6) is -2.21. The number of hydrogen-bond donors (Lipinski definition) is 1. The largest absolute Gasteiger partial charge is 0.494 e. The molecule has 1 aliphatic rings. The average molecular weight is 464 g/mol. The average Bonchev–Trinajstić information content (AvgIpc) is 3.07. The normalized spacial score (nSPS) is 13.5. The van der Waals surface area contributed by atoms with Gasteiger partial charge in [-0.25, -0.2) is 13.7 Å². The van der Waals surface area contributed by atoms with Crippen molar-refractivity contribution in [2.75, 3.05) is 23.4 Å². The Morgan fingerprint density at radius 3 is 2.26 bits per heavy atom. The maximum atomic E-state index is 14.6. The van der Waals surface area contributed by atoms with Crippen LogP contribution in [0.1, 0.15) is 19.4 Å². The maximum absolute atomic E-state index is 14.6. The fourth-order valence-electron chi connectivity index (χ4n) is 3.66. The van der Waals surface area contributed by atoms with Gasteiger partial charge in [0.05, 0.1) is 30.2 Å². The van der Waals surface area contributed by atoms with Crippen LogP contribution in [0, 0.1) is 11.6 Å². The molecule has 0 aliphatic carbocycles. The summed E-state index contributed by atoms with van der Waals surface area (Å²) in [7, 11) is 0. The number of imide groups is 1. The van der Waals surface area contributed by atoms with Crippen molar-refractivity contribution in [2.45, 2.75) is 13.8 Å². The van der Waals surface area contributed by atoms with Gasteiger partial charge in [0, 0.05) is 6.07 Å². The van der Waals surface area contributed by atoms with Gasteiger partial charge in [0.25, 0.3) is 11.8 Å². The molecular formula is C26H22F2N2O4. The fraction of sp³-hybridized carbons (Fsp3) is 0.154. The Morgan fingerprint density at radius 2 is 1.56 bits per heavy atom. The van der Waals surface area contributed by atoms with E-state index in [0.29, 0.717) is 40.9 Å². The molecule has 1 N–H and O–H groups in total. The summed E-state index contributed by atoms with van der Waals surface area (Å²) in [5.41, 5.74) is 0.337. The predicted octanol–water partition coefficient (Wildman–Crippen LogP) is 5.16. The number of para-hydroxylation sites is 2. The number of benzene rings is 3. The molecule has 0 radical (unpaired) electrons. The number of rotatable bonds is 8. The van der Waals surface area contributed by atoms with Gasteiger partial charge in [-0.15, -0.1) is 0 Å². The smallest absolute Gasteiger partial charge is 0.282 e. The van der Waals surface area contributed by atoms with Gasteiger partial charge in [-0.3, -0.25) is 9.59 Å². The molecule has 0 bridgehead atoms. The van der Waals surface area contributed by atoms with Crippen molar-refractivity contribution in [2.24, 2.45) is 0 Å². The monoisotopic (exact) mass is 464 g/mol. The van der Waals surface area contributed by atoms with Gasteiger partial charge in [0.1, 0.15) is 28.8 Å². The topological polar surface area (TPSA) is 67.9 Å². The van der Waals surface area contributed by atoms with E-state index in [0.717, 1.165) is 18.2 Å². The molecular weight excluding hydrogens is 442 g/mol. The first-order chi connectivity index (χ1) is 16.4. The van der Waals surface area contributed by atoms with E-state index in [-0.39, 0.29) is 11.3 Å². The van der Waals surface area contributed by atoms with Crippen LogP contribution in [0.3, 0.4) is 0 Å². The minimum Gasteiger partial charge on any atom is -0.494 e. The highest BCUT2D eigenvalue weighted by Gasteiger charge is 2.41. The molecule has 3 aromatic carbocycles. The zero-order valence-corrected chi connectivity index (χ0v) is 18.6. The van der Waals surface area contributed by atoms with Crippen molar-refractivity contribution in [3.8, 4) is 11.5 Å². The van der Waals surface area contributed by atoms with Gasteiger partial charge in [-0.05, 0) is 55.8 Å². The highest BCUT2D eigenvalue weighted by atomic mass is 19.1. The van der Waals surface area contributed by atoms with E-state index >= 15 is 0 Å². The third-order valence-corrected chi connectivity index (χ3v) is 5.13. The summed E-state index contributed by atoms with van der Waals surface area (Å²) >= 11 is 0. The van der Waals surface area contributed by atoms with Crippen molar-refractivity contribution in [3.05, 3.63) is 89.6 Å². The molecule has 6 nitrogen and oxygen atoms in total. The van der Waals surface area contributed by atoms with Crippen LogP contribution in [0.5, 0.6) is 11.5 Å². The number of nitrogens with zero attached hydrogens (tertiary/aromatic N) is 1. The van der Waals surface area contributed by atoms with Crippen LogP contribution in [-0.4, -0.2) is 25.0 Å². The fourth-order valence-corrected chi connectivity index (χ4v) is 3.66. The number of amides is 2. The number of anilines is 2. The Labute approximate surface area is 195 Å². The molecule has 1 heterocycles. The Balaban J connectivity index is 1.83. The number of carbonyl (C=O) groups is 2. The summed E-state index contributed by atoms with van der Waals surface area (Å²) < 4.78 is 39.5. The Bertz CT molecular complexity index is 1270. The molecule has 0 saturated carbocycles. The first-order valence-corrected chi connectivity index (χ1v) is 10.7. The molecule has 2 amide bonds. The lowest BCUT2D eigenvalue weighted by Gasteiger charge is -2.17. The third kappa shape index (κ3) is 4.34. The predicted molar refractivity (Wildman–Crippen MR) is 125 cm³/mol. The van der Waals surface area contributed by atoms with E-state index < -0.39 is 29.1 Å². The number of ether oxygens (including phenoxy) is 2. The quantitative estimate of drug-likeness (QED) is 0.467. The number of hydrogen-bond acceptors (Lipinski definition) is 5. The lowest BCUT2D eigenvalue weighted by atomic mass is 10.0. The van der Waals surface area contributed by atoms with Crippen LogP contribution in [0.4, 0.5) is 20.2 Å². The standard InChI is InChI=1S/C26H22F2N2O4/c1-3-33-18-12-9-16(10-13-18)23-24(29-20-7-5-6-8-22(20)34-4-2)26(32)30(25(23)31)21-15-17(27)11-14-19(21)28/h5-15,29H,3-4H2,1-2H3. The molecule has 3 aromatic rings.